The summed E-state index contributed by atoms with van der Waals surface area (Å²) < 4.78 is 31.2. The molecule has 0 spiro atoms. The van der Waals surface area contributed by atoms with E-state index in [0.717, 1.165) is 0 Å². The fourth-order valence-corrected chi connectivity index (χ4v) is 3.16. The Balaban J connectivity index is 2.28. The Morgan fingerprint density at radius 2 is 1.86 bits per heavy atom. The normalized spacial score (nSPS) is 11.0. The van der Waals surface area contributed by atoms with Gasteiger partial charge in [-0.05, 0) is 30.3 Å². The number of nitrogens with one attached hydrogen (secondary N) is 1. The van der Waals surface area contributed by atoms with Crippen LogP contribution in [0.4, 0.5) is 0 Å². The van der Waals surface area contributed by atoms with E-state index in [1.807, 2.05) is 4.72 Å². The van der Waals surface area contributed by atoms with Crippen molar-refractivity contribution in [2.45, 2.75) is 4.90 Å². The van der Waals surface area contributed by atoms with Crippen molar-refractivity contribution in [3.63, 3.8) is 0 Å². The van der Waals surface area contributed by atoms with Gasteiger partial charge in [0.2, 0.25) is 0 Å². The predicted molar refractivity (Wildman–Crippen MR) is 79.1 cm³/mol. The second kappa shape index (κ2) is 6.15. The molecular weight excluding hydrogens is 314 g/mol. The molecule has 110 valence electrons. The lowest BCUT2D eigenvalue weighted by Gasteiger charge is -2.09. The molecule has 0 radical (unpaired) electrons. The first kappa shape index (κ1) is 15.3. The first-order chi connectivity index (χ1) is 9.94. The molecule has 1 amide bonds. The summed E-state index contributed by atoms with van der Waals surface area (Å²) in [6.07, 6.45) is 0. The lowest BCUT2D eigenvalue weighted by atomic mass is 10.2. The molecule has 0 fully saturated rings. The van der Waals surface area contributed by atoms with Crippen LogP contribution in [0.3, 0.4) is 0 Å². The van der Waals surface area contributed by atoms with Gasteiger partial charge in [0.25, 0.3) is 15.9 Å². The van der Waals surface area contributed by atoms with Crippen LogP contribution in [0.15, 0.2) is 53.4 Å². The number of halogens is 1. The third-order valence-electron chi connectivity index (χ3n) is 2.69. The molecule has 2 rings (SSSR count). The maximum absolute atomic E-state index is 12.1. The summed E-state index contributed by atoms with van der Waals surface area (Å²) in [5.41, 5.74) is 0.171. The lowest BCUT2D eigenvalue weighted by Crippen LogP contribution is -2.30. The van der Waals surface area contributed by atoms with Crippen molar-refractivity contribution in [2.75, 3.05) is 7.11 Å². The van der Waals surface area contributed by atoms with Crippen molar-refractivity contribution in [1.82, 2.24) is 4.72 Å². The zero-order chi connectivity index (χ0) is 15.5. The average Bonchev–Trinajstić information content (AvgIpc) is 2.47. The molecule has 0 saturated carbocycles. The minimum absolute atomic E-state index is 0.0449. The van der Waals surface area contributed by atoms with E-state index in [1.54, 1.807) is 18.2 Å². The Hall–Kier alpha value is -2.05. The fourth-order valence-electron chi connectivity index (χ4n) is 1.66. The summed E-state index contributed by atoms with van der Waals surface area (Å²) in [5, 5.41) is 0.0449. The molecule has 2 aromatic carbocycles. The topological polar surface area (TPSA) is 72.5 Å². The minimum Gasteiger partial charge on any atom is -0.497 e. The van der Waals surface area contributed by atoms with Gasteiger partial charge in [-0.1, -0.05) is 29.8 Å². The Morgan fingerprint density at radius 3 is 2.52 bits per heavy atom. The van der Waals surface area contributed by atoms with Gasteiger partial charge in [0.05, 0.1) is 12.1 Å². The smallest absolute Gasteiger partial charge is 0.265 e. The van der Waals surface area contributed by atoms with E-state index in [9.17, 15) is 13.2 Å². The molecule has 0 aliphatic rings. The highest BCUT2D eigenvalue weighted by Gasteiger charge is 2.21. The molecule has 0 unspecified atom stereocenters. The number of methoxy groups -OCH3 is 1. The molecule has 0 aromatic heterocycles. The quantitative estimate of drug-likeness (QED) is 0.937. The van der Waals surface area contributed by atoms with Crippen molar-refractivity contribution in [2.24, 2.45) is 0 Å². The van der Waals surface area contributed by atoms with Crippen molar-refractivity contribution >= 4 is 27.5 Å². The second-order valence-corrected chi connectivity index (χ2v) is 6.16. The summed E-state index contributed by atoms with van der Waals surface area (Å²) in [6, 6.07) is 12.1. The number of carbonyl (C=O) groups excluding carboxylic acids is 1. The Labute approximate surface area is 127 Å². The van der Waals surface area contributed by atoms with Gasteiger partial charge < -0.3 is 4.74 Å². The van der Waals surface area contributed by atoms with E-state index in [-0.39, 0.29) is 15.5 Å². The van der Waals surface area contributed by atoms with Crippen molar-refractivity contribution in [3.8, 4) is 5.75 Å². The minimum atomic E-state index is -4.03. The highest BCUT2D eigenvalue weighted by atomic mass is 35.5. The van der Waals surface area contributed by atoms with E-state index >= 15 is 0 Å². The van der Waals surface area contributed by atoms with Crippen LogP contribution < -0.4 is 9.46 Å². The van der Waals surface area contributed by atoms with Gasteiger partial charge in [-0.15, -0.1) is 0 Å². The molecule has 0 bridgehead atoms. The summed E-state index contributed by atoms with van der Waals surface area (Å²) >= 11 is 5.84. The predicted octanol–water partition coefficient (Wildman–Crippen LogP) is 2.47. The van der Waals surface area contributed by atoms with Gasteiger partial charge in [0.15, 0.2) is 0 Å². The molecule has 0 atom stereocenters. The summed E-state index contributed by atoms with van der Waals surface area (Å²) in [5.74, 6) is -0.299. The number of hydrogen-bond acceptors (Lipinski definition) is 4. The fraction of sp³-hybridized carbons (Fsp3) is 0.0714. The molecule has 0 heterocycles. The second-order valence-electron chi connectivity index (χ2n) is 4.10. The third kappa shape index (κ3) is 3.53. The molecule has 1 N–H and O–H groups in total. The monoisotopic (exact) mass is 325 g/mol. The Kier molecular flexibility index (Phi) is 4.50. The van der Waals surface area contributed by atoms with Crippen molar-refractivity contribution in [1.29, 1.82) is 0 Å². The molecular formula is C14H12ClNO4S. The van der Waals surface area contributed by atoms with Crippen LogP contribution in [0.2, 0.25) is 5.02 Å². The zero-order valence-corrected chi connectivity index (χ0v) is 12.6. The summed E-state index contributed by atoms with van der Waals surface area (Å²) in [6.45, 7) is 0. The van der Waals surface area contributed by atoms with E-state index in [1.165, 1.54) is 37.4 Å². The molecule has 5 nitrogen and oxygen atoms in total. The van der Waals surface area contributed by atoms with Gasteiger partial charge in [0.1, 0.15) is 10.6 Å². The van der Waals surface area contributed by atoms with Gasteiger partial charge in [-0.3, -0.25) is 4.79 Å². The van der Waals surface area contributed by atoms with Crippen molar-refractivity contribution < 1.29 is 17.9 Å². The van der Waals surface area contributed by atoms with Crippen LogP contribution in [-0.4, -0.2) is 21.4 Å². The Morgan fingerprint density at radius 1 is 1.14 bits per heavy atom. The van der Waals surface area contributed by atoms with E-state index in [2.05, 4.69) is 0 Å². The van der Waals surface area contributed by atoms with Crippen LogP contribution >= 0.6 is 11.6 Å². The van der Waals surface area contributed by atoms with Gasteiger partial charge >= 0.3 is 0 Å². The van der Waals surface area contributed by atoms with E-state index in [4.69, 9.17) is 16.3 Å². The standard InChI is InChI=1S/C14H12ClNO4S/c1-20-11-6-4-5-10(9-11)14(17)16-21(18,19)13-8-3-2-7-12(13)15/h2-9H,1H3,(H,16,17). The van der Waals surface area contributed by atoms with E-state index < -0.39 is 15.9 Å². The number of rotatable bonds is 4. The molecule has 2 aromatic rings. The van der Waals surface area contributed by atoms with E-state index in [0.29, 0.717) is 5.75 Å². The van der Waals surface area contributed by atoms with Crippen LogP contribution in [0, 0.1) is 0 Å². The summed E-state index contributed by atoms with van der Waals surface area (Å²) in [7, 11) is -2.57. The number of amides is 1. The number of benzene rings is 2. The number of ether oxygens (including phenoxy) is 1. The first-order valence-electron chi connectivity index (χ1n) is 5.90. The van der Waals surface area contributed by atoms with Crippen LogP contribution in [0.25, 0.3) is 0 Å². The number of carbonyl (C=O) groups is 1. The SMILES string of the molecule is COc1cccc(C(=O)NS(=O)(=O)c2ccccc2Cl)c1. The Bertz CT molecular complexity index is 774. The maximum Gasteiger partial charge on any atom is 0.265 e. The van der Waals surface area contributed by atoms with Gasteiger partial charge in [0, 0.05) is 5.56 Å². The lowest BCUT2D eigenvalue weighted by molar-refractivity contribution is 0.0981. The van der Waals surface area contributed by atoms with Crippen LogP contribution in [0.5, 0.6) is 5.75 Å². The van der Waals surface area contributed by atoms with Crippen LogP contribution in [0.1, 0.15) is 10.4 Å². The zero-order valence-electron chi connectivity index (χ0n) is 11.0. The van der Waals surface area contributed by atoms with Crippen molar-refractivity contribution in [3.05, 3.63) is 59.1 Å². The summed E-state index contributed by atoms with van der Waals surface area (Å²) in [4.78, 5) is 11.9. The molecule has 0 saturated heterocycles. The number of sulfonamides is 1. The van der Waals surface area contributed by atoms with Gasteiger partial charge in [-0.2, -0.15) is 0 Å². The molecule has 0 aliphatic carbocycles. The van der Waals surface area contributed by atoms with Gasteiger partial charge in [-0.25, -0.2) is 13.1 Å². The molecule has 7 heteroatoms. The number of hydrogen-bond donors (Lipinski definition) is 1. The largest absolute Gasteiger partial charge is 0.497 e. The first-order valence-corrected chi connectivity index (χ1v) is 7.76. The van der Waals surface area contributed by atoms with Crippen LogP contribution in [-0.2, 0) is 10.0 Å². The third-order valence-corrected chi connectivity index (χ3v) is 4.52. The maximum atomic E-state index is 12.1. The molecule has 21 heavy (non-hydrogen) atoms. The highest BCUT2D eigenvalue weighted by Crippen LogP contribution is 2.20. The highest BCUT2D eigenvalue weighted by molar-refractivity contribution is 7.90. The molecule has 0 aliphatic heterocycles. The average molecular weight is 326 g/mol.